The van der Waals surface area contributed by atoms with Gasteiger partial charge >= 0.3 is 0 Å². The summed E-state index contributed by atoms with van der Waals surface area (Å²) in [6.45, 7) is -12.6. The number of hydrogen-bond acceptors (Lipinski definition) is 7. The van der Waals surface area contributed by atoms with Crippen molar-refractivity contribution in [2.75, 3.05) is 36.3 Å². The minimum absolute atomic E-state index is 0.0263. The molecule has 6 rings (SSSR count). The molecule has 1 saturated carbocycles. The Bertz CT molecular complexity index is 1670. The van der Waals surface area contributed by atoms with Gasteiger partial charge in [0.15, 0.2) is 11.5 Å². The minimum atomic E-state index is -3.20. The molecular weight excluding hydrogens is 430 g/mol. The van der Waals surface area contributed by atoms with Crippen LogP contribution in [0.3, 0.4) is 0 Å². The molecule has 0 bridgehead atoms. The summed E-state index contributed by atoms with van der Waals surface area (Å²) in [6, 6.07) is 4.33. The van der Waals surface area contributed by atoms with Gasteiger partial charge in [0.05, 0.1) is 36.0 Å². The van der Waals surface area contributed by atoms with Crippen LogP contribution in [0, 0.1) is 5.92 Å². The standard InChI is InChI=1S/C22H20ClN7O2/c23-20-16-10-24-18(26-22(31)13-1-2-13)9-15(16)17(11-25-20)21-27-19-4-3-14(12-30(19)28-21)29-5-7-32-8-6-29/h3-4,9-13H,1-2,5-8H2,(H,24,26,31)/i5D2,6D2,7D2,8D2. The first-order valence-electron chi connectivity index (χ1n) is 13.7. The number of fused-ring (bicyclic) bond motifs is 2. The first-order valence-corrected chi connectivity index (χ1v) is 10.1. The van der Waals surface area contributed by atoms with Crippen LogP contribution < -0.4 is 10.2 Å². The average molecular weight is 458 g/mol. The average Bonchev–Trinajstić information content (AvgIpc) is 3.62. The first kappa shape index (κ1) is 12.7. The van der Waals surface area contributed by atoms with E-state index in [1.807, 2.05) is 0 Å². The first-order chi connectivity index (χ1) is 18.6. The number of nitrogens with zero attached hydrogens (tertiary/aromatic N) is 6. The fourth-order valence-corrected chi connectivity index (χ4v) is 3.56. The van der Waals surface area contributed by atoms with Gasteiger partial charge in [0, 0.05) is 47.6 Å². The third kappa shape index (κ3) is 3.53. The van der Waals surface area contributed by atoms with Crippen LogP contribution in [0.1, 0.15) is 23.8 Å². The molecule has 1 N–H and O–H groups in total. The SMILES string of the molecule is [2H]C1([2H])OC([2H])([2H])C([2H])([2H])N(c2ccc3nc(-c4cnc(Cl)c5cnc(NC(=O)C6CC6)cc45)nn3c2)C1([2H])[2H]. The molecule has 4 aromatic heterocycles. The van der Waals surface area contributed by atoms with Crippen LogP contribution >= 0.6 is 11.6 Å². The quantitative estimate of drug-likeness (QED) is 0.470. The molecule has 0 atom stereocenters. The highest BCUT2D eigenvalue weighted by Gasteiger charge is 2.30. The van der Waals surface area contributed by atoms with Crippen molar-refractivity contribution in [3.63, 3.8) is 0 Å². The summed E-state index contributed by atoms with van der Waals surface area (Å²) < 4.78 is 70.8. The van der Waals surface area contributed by atoms with Crippen molar-refractivity contribution in [2.45, 2.75) is 12.8 Å². The van der Waals surface area contributed by atoms with Gasteiger partial charge in [-0.05, 0) is 31.0 Å². The molecule has 2 aliphatic rings. The van der Waals surface area contributed by atoms with E-state index in [9.17, 15) is 4.79 Å². The molecule has 1 saturated heterocycles. The number of aromatic nitrogens is 5. The Morgan fingerprint density at radius 2 is 2.03 bits per heavy atom. The molecule has 9 nitrogen and oxygen atoms in total. The number of ether oxygens (including phenoxy) is 1. The van der Waals surface area contributed by atoms with E-state index in [0.29, 0.717) is 27.1 Å². The van der Waals surface area contributed by atoms with Crippen LogP contribution in [0.25, 0.3) is 27.8 Å². The van der Waals surface area contributed by atoms with Gasteiger partial charge < -0.3 is 15.0 Å². The summed E-state index contributed by atoms with van der Waals surface area (Å²) in [5.74, 6) is 0.347. The van der Waals surface area contributed by atoms with Crippen LogP contribution in [-0.2, 0) is 9.53 Å². The molecular formula is C22H20ClN7O2. The highest BCUT2D eigenvalue weighted by Crippen LogP contribution is 2.33. The Kier molecular flexibility index (Phi) is 3.04. The lowest BCUT2D eigenvalue weighted by Gasteiger charge is -2.28. The van der Waals surface area contributed by atoms with Crippen LogP contribution in [0.15, 0.2) is 36.8 Å². The summed E-state index contributed by atoms with van der Waals surface area (Å²) >= 11 is 6.29. The molecule has 32 heavy (non-hydrogen) atoms. The zero-order chi connectivity index (χ0) is 28.8. The van der Waals surface area contributed by atoms with E-state index in [1.165, 1.54) is 35.2 Å². The molecule has 5 heterocycles. The Morgan fingerprint density at radius 1 is 1.19 bits per heavy atom. The molecule has 2 fully saturated rings. The highest BCUT2D eigenvalue weighted by molar-refractivity contribution is 6.34. The maximum atomic E-state index is 12.3. The highest BCUT2D eigenvalue weighted by atomic mass is 35.5. The zero-order valence-corrected chi connectivity index (χ0v) is 17.1. The predicted molar refractivity (Wildman–Crippen MR) is 121 cm³/mol. The number of morpholine rings is 1. The van der Waals surface area contributed by atoms with Crippen LogP contribution in [0.4, 0.5) is 11.5 Å². The number of carbonyl (C=O) groups excluding carboxylic acids is 1. The van der Waals surface area contributed by atoms with E-state index in [2.05, 4.69) is 30.1 Å². The second-order valence-electron chi connectivity index (χ2n) is 7.33. The smallest absolute Gasteiger partial charge is 0.228 e. The number of halogens is 1. The fraction of sp³-hybridized carbons (Fsp3) is 0.318. The van der Waals surface area contributed by atoms with E-state index in [1.54, 1.807) is 6.07 Å². The van der Waals surface area contributed by atoms with E-state index in [-0.39, 0.29) is 34.1 Å². The Morgan fingerprint density at radius 3 is 2.84 bits per heavy atom. The molecule has 4 aromatic rings. The molecule has 1 aliphatic carbocycles. The summed E-state index contributed by atoms with van der Waals surface area (Å²) in [5, 5.41) is 8.45. The fourth-order valence-electron chi connectivity index (χ4n) is 3.36. The number of carbonyl (C=O) groups is 1. The number of nitrogens with one attached hydrogen (secondary N) is 1. The van der Waals surface area contributed by atoms with Gasteiger partial charge in [-0.3, -0.25) is 4.79 Å². The van der Waals surface area contributed by atoms with Crippen molar-refractivity contribution in [1.29, 1.82) is 0 Å². The van der Waals surface area contributed by atoms with Crippen molar-refractivity contribution in [2.24, 2.45) is 5.92 Å². The lowest BCUT2D eigenvalue weighted by atomic mass is 10.1. The Balaban J connectivity index is 1.44. The predicted octanol–water partition coefficient (Wildman–Crippen LogP) is 3.18. The number of pyridine rings is 3. The molecule has 0 radical (unpaired) electrons. The third-order valence-corrected chi connectivity index (χ3v) is 5.46. The molecule has 1 aliphatic heterocycles. The van der Waals surface area contributed by atoms with E-state index in [0.717, 1.165) is 12.8 Å². The van der Waals surface area contributed by atoms with Crippen molar-refractivity contribution in [3.8, 4) is 11.4 Å². The molecule has 10 heteroatoms. The molecule has 162 valence electrons. The van der Waals surface area contributed by atoms with Gasteiger partial charge in [-0.1, -0.05) is 11.6 Å². The van der Waals surface area contributed by atoms with Crippen molar-refractivity contribution in [3.05, 3.63) is 41.9 Å². The van der Waals surface area contributed by atoms with Crippen LogP contribution in [-0.4, -0.2) is 56.6 Å². The zero-order valence-electron chi connectivity index (χ0n) is 24.3. The number of rotatable bonds is 4. The second-order valence-corrected chi connectivity index (χ2v) is 7.69. The Hall–Kier alpha value is -3.30. The topological polar surface area (TPSA) is 97.5 Å². The number of hydrogen-bond donors (Lipinski definition) is 1. The lowest BCUT2D eigenvalue weighted by Crippen LogP contribution is -2.36. The number of amides is 1. The minimum Gasteiger partial charge on any atom is -0.378 e. The second kappa shape index (κ2) is 7.68. The normalized spacial score (nSPS) is 26.6. The van der Waals surface area contributed by atoms with Crippen molar-refractivity contribution in [1.82, 2.24) is 24.6 Å². The molecule has 0 aromatic carbocycles. The van der Waals surface area contributed by atoms with Crippen LogP contribution in [0.2, 0.25) is 5.15 Å². The molecule has 0 spiro atoms. The summed E-state index contributed by atoms with van der Waals surface area (Å²) in [5.41, 5.74) is 0.514. The van der Waals surface area contributed by atoms with Gasteiger partial charge in [-0.15, -0.1) is 5.10 Å². The maximum Gasteiger partial charge on any atom is 0.228 e. The van der Waals surface area contributed by atoms with Gasteiger partial charge in [-0.25, -0.2) is 19.5 Å². The van der Waals surface area contributed by atoms with E-state index in [4.69, 9.17) is 22.6 Å². The Labute approximate surface area is 199 Å². The maximum absolute atomic E-state index is 12.3. The van der Waals surface area contributed by atoms with E-state index < -0.39 is 26.1 Å². The van der Waals surface area contributed by atoms with Crippen molar-refractivity contribution >= 4 is 45.4 Å². The third-order valence-electron chi connectivity index (χ3n) is 5.15. The van der Waals surface area contributed by atoms with Crippen molar-refractivity contribution < 1.29 is 20.5 Å². The summed E-state index contributed by atoms with van der Waals surface area (Å²) in [7, 11) is 0. The monoisotopic (exact) mass is 457 g/mol. The molecule has 1 amide bonds. The van der Waals surface area contributed by atoms with Gasteiger partial charge in [0.2, 0.25) is 5.91 Å². The largest absolute Gasteiger partial charge is 0.378 e. The van der Waals surface area contributed by atoms with Gasteiger partial charge in [-0.2, -0.15) is 0 Å². The number of anilines is 2. The van der Waals surface area contributed by atoms with Crippen LogP contribution in [0.5, 0.6) is 0 Å². The summed E-state index contributed by atoms with van der Waals surface area (Å²) in [6.07, 6.45) is 5.81. The molecule has 0 unspecified atom stereocenters. The summed E-state index contributed by atoms with van der Waals surface area (Å²) in [4.78, 5) is 25.6. The van der Waals surface area contributed by atoms with Gasteiger partial charge in [0.25, 0.3) is 0 Å². The van der Waals surface area contributed by atoms with E-state index >= 15 is 0 Å². The van der Waals surface area contributed by atoms with Gasteiger partial charge in [0.1, 0.15) is 11.0 Å². The lowest BCUT2D eigenvalue weighted by molar-refractivity contribution is -0.117.